The zero-order valence-electron chi connectivity index (χ0n) is 13.9. The molecule has 2 amide bonds. The highest BCUT2D eigenvalue weighted by Gasteiger charge is 2.21. The number of aliphatic hydroxyl groups is 1. The van der Waals surface area contributed by atoms with Gasteiger partial charge >= 0.3 is 6.03 Å². The summed E-state index contributed by atoms with van der Waals surface area (Å²) in [6.07, 6.45) is 3.42. The molecule has 0 aliphatic carbocycles. The number of carbonyl (C=O) groups excluding carboxylic acids is 1. The molecule has 23 heavy (non-hydrogen) atoms. The summed E-state index contributed by atoms with van der Waals surface area (Å²) >= 11 is 0. The first kappa shape index (κ1) is 17.0. The highest BCUT2D eigenvalue weighted by atomic mass is 16.3. The van der Waals surface area contributed by atoms with E-state index in [1.54, 1.807) is 35.8 Å². The summed E-state index contributed by atoms with van der Waals surface area (Å²) in [5.41, 5.74) is 0.857. The van der Waals surface area contributed by atoms with E-state index in [1.807, 2.05) is 37.3 Å². The lowest BCUT2D eigenvalue weighted by molar-refractivity contribution is 0.0501. The van der Waals surface area contributed by atoms with Crippen LogP contribution >= 0.6 is 0 Å². The summed E-state index contributed by atoms with van der Waals surface area (Å²) in [5, 5.41) is 16.9. The van der Waals surface area contributed by atoms with Crippen LogP contribution in [0.5, 0.6) is 0 Å². The lowest BCUT2D eigenvalue weighted by atomic mass is 10.1. The fraction of sp³-hybridized carbons (Fsp3) is 0.412. The minimum absolute atomic E-state index is 0.242. The van der Waals surface area contributed by atoms with Crippen molar-refractivity contribution in [3.8, 4) is 0 Å². The van der Waals surface area contributed by atoms with Crippen molar-refractivity contribution in [2.45, 2.75) is 32.9 Å². The summed E-state index contributed by atoms with van der Waals surface area (Å²) in [6.45, 7) is 6.69. The standard InChI is InChI=1S/C17H24N4O2/c1-4-20(13-17(2,3)23)16(22)19-15-10-18-21(12-15)11-14-8-6-5-7-9-14/h5-10,12,23H,4,11,13H2,1-3H3,(H,19,22). The summed E-state index contributed by atoms with van der Waals surface area (Å²) in [4.78, 5) is 13.8. The van der Waals surface area contributed by atoms with E-state index in [2.05, 4.69) is 10.4 Å². The van der Waals surface area contributed by atoms with Gasteiger partial charge in [0.1, 0.15) is 0 Å². The third-order valence-electron chi connectivity index (χ3n) is 3.32. The van der Waals surface area contributed by atoms with Crippen molar-refractivity contribution in [2.24, 2.45) is 0 Å². The zero-order valence-corrected chi connectivity index (χ0v) is 13.9. The number of anilines is 1. The van der Waals surface area contributed by atoms with Gasteiger partial charge in [-0.05, 0) is 26.3 Å². The molecule has 0 atom stereocenters. The molecule has 1 aromatic heterocycles. The van der Waals surface area contributed by atoms with Crippen LogP contribution in [0.2, 0.25) is 0 Å². The van der Waals surface area contributed by atoms with Crippen LogP contribution in [-0.2, 0) is 6.54 Å². The molecule has 0 saturated heterocycles. The number of amides is 2. The molecule has 2 aromatic rings. The van der Waals surface area contributed by atoms with Crippen LogP contribution in [-0.4, -0.2) is 44.5 Å². The normalized spacial score (nSPS) is 11.3. The average Bonchev–Trinajstić information content (AvgIpc) is 2.92. The maximum Gasteiger partial charge on any atom is 0.322 e. The summed E-state index contributed by atoms with van der Waals surface area (Å²) in [5.74, 6) is 0. The van der Waals surface area contributed by atoms with Gasteiger partial charge in [0.2, 0.25) is 0 Å². The molecule has 2 rings (SSSR count). The number of nitrogens with zero attached hydrogens (tertiary/aromatic N) is 3. The van der Waals surface area contributed by atoms with E-state index in [1.165, 1.54) is 0 Å². The van der Waals surface area contributed by atoms with Gasteiger partial charge in [-0.3, -0.25) is 4.68 Å². The highest BCUT2D eigenvalue weighted by molar-refractivity contribution is 5.89. The first-order chi connectivity index (χ1) is 10.9. The lowest BCUT2D eigenvalue weighted by Crippen LogP contribution is -2.44. The number of benzene rings is 1. The van der Waals surface area contributed by atoms with E-state index in [-0.39, 0.29) is 12.6 Å². The van der Waals surface area contributed by atoms with Crippen molar-refractivity contribution in [2.75, 3.05) is 18.4 Å². The van der Waals surface area contributed by atoms with Gasteiger partial charge in [-0.1, -0.05) is 30.3 Å². The molecule has 0 bridgehead atoms. The molecule has 0 spiro atoms. The number of hydrogen-bond donors (Lipinski definition) is 2. The van der Waals surface area contributed by atoms with Crippen molar-refractivity contribution in [1.29, 1.82) is 0 Å². The van der Waals surface area contributed by atoms with Crippen molar-refractivity contribution < 1.29 is 9.90 Å². The van der Waals surface area contributed by atoms with Crippen LogP contribution in [0.25, 0.3) is 0 Å². The van der Waals surface area contributed by atoms with Crippen LogP contribution < -0.4 is 5.32 Å². The molecular formula is C17H24N4O2. The molecule has 6 heteroatoms. The Balaban J connectivity index is 1.96. The molecule has 0 unspecified atom stereocenters. The van der Waals surface area contributed by atoms with Crippen molar-refractivity contribution in [1.82, 2.24) is 14.7 Å². The molecule has 0 saturated carbocycles. The first-order valence-corrected chi connectivity index (χ1v) is 7.72. The van der Waals surface area contributed by atoms with Gasteiger partial charge in [0.15, 0.2) is 0 Å². The van der Waals surface area contributed by atoms with Crippen LogP contribution in [0.1, 0.15) is 26.3 Å². The summed E-state index contributed by atoms with van der Waals surface area (Å²) < 4.78 is 1.78. The molecule has 0 aliphatic rings. The van der Waals surface area contributed by atoms with Gasteiger partial charge in [-0.15, -0.1) is 0 Å². The van der Waals surface area contributed by atoms with E-state index in [4.69, 9.17) is 0 Å². The Kier molecular flexibility index (Phi) is 5.39. The van der Waals surface area contributed by atoms with Gasteiger partial charge in [-0.25, -0.2) is 4.79 Å². The fourth-order valence-electron chi connectivity index (χ4n) is 2.28. The Hall–Kier alpha value is -2.34. The minimum atomic E-state index is -0.926. The fourth-order valence-corrected chi connectivity index (χ4v) is 2.28. The first-order valence-electron chi connectivity index (χ1n) is 7.72. The monoisotopic (exact) mass is 316 g/mol. The average molecular weight is 316 g/mol. The van der Waals surface area contributed by atoms with Crippen LogP contribution in [0, 0.1) is 0 Å². The molecule has 0 radical (unpaired) electrons. The number of aromatic nitrogens is 2. The summed E-state index contributed by atoms with van der Waals surface area (Å²) in [6, 6.07) is 9.76. The second-order valence-corrected chi connectivity index (χ2v) is 6.17. The van der Waals surface area contributed by atoms with Gasteiger partial charge in [0.25, 0.3) is 0 Å². The Morgan fingerprint density at radius 3 is 2.65 bits per heavy atom. The van der Waals surface area contributed by atoms with Gasteiger partial charge in [0, 0.05) is 12.7 Å². The van der Waals surface area contributed by atoms with Gasteiger partial charge in [-0.2, -0.15) is 5.10 Å². The summed E-state index contributed by atoms with van der Waals surface area (Å²) in [7, 11) is 0. The smallest absolute Gasteiger partial charge is 0.322 e. The maximum absolute atomic E-state index is 12.3. The quantitative estimate of drug-likeness (QED) is 0.860. The molecule has 0 aliphatic heterocycles. The van der Waals surface area contributed by atoms with Crippen molar-refractivity contribution >= 4 is 11.7 Å². The molecule has 0 fully saturated rings. The van der Waals surface area contributed by atoms with Crippen LogP contribution in [0.4, 0.5) is 10.5 Å². The van der Waals surface area contributed by atoms with Crippen molar-refractivity contribution in [3.63, 3.8) is 0 Å². The molecule has 1 aromatic carbocycles. The van der Waals surface area contributed by atoms with Crippen LogP contribution in [0.15, 0.2) is 42.7 Å². The predicted molar refractivity (Wildman–Crippen MR) is 90.3 cm³/mol. The van der Waals surface area contributed by atoms with E-state index >= 15 is 0 Å². The van der Waals surface area contributed by atoms with E-state index in [0.29, 0.717) is 18.8 Å². The number of nitrogens with one attached hydrogen (secondary N) is 1. The molecule has 124 valence electrons. The number of rotatable bonds is 6. The number of hydrogen-bond acceptors (Lipinski definition) is 3. The lowest BCUT2D eigenvalue weighted by Gasteiger charge is -2.27. The second kappa shape index (κ2) is 7.28. The Labute approximate surface area is 136 Å². The Morgan fingerprint density at radius 2 is 2.04 bits per heavy atom. The Morgan fingerprint density at radius 1 is 1.35 bits per heavy atom. The van der Waals surface area contributed by atoms with Gasteiger partial charge < -0.3 is 15.3 Å². The highest BCUT2D eigenvalue weighted by Crippen LogP contribution is 2.11. The topological polar surface area (TPSA) is 70.4 Å². The SMILES string of the molecule is CCN(CC(C)(C)O)C(=O)Nc1cnn(Cc2ccccc2)c1. The predicted octanol–water partition coefficient (Wildman–Crippen LogP) is 2.56. The third-order valence-corrected chi connectivity index (χ3v) is 3.32. The number of carbonyl (C=O) groups is 1. The Bertz CT molecular complexity index is 632. The van der Waals surface area contributed by atoms with Gasteiger partial charge in [0.05, 0.1) is 30.6 Å². The third kappa shape index (κ3) is 5.41. The van der Waals surface area contributed by atoms with E-state index in [9.17, 15) is 9.90 Å². The maximum atomic E-state index is 12.3. The number of urea groups is 1. The molecular weight excluding hydrogens is 292 g/mol. The molecule has 6 nitrogen and oxygen atoms in total. The minimum Gasteiger partial charge on any atom is -0.389 e. The number of likely N-dealkylation sites (N-methyl/N-ethyl adjacent to an activating group) is 1. The molecule has 2 N–H and O–H groups in total. The van der Waals surface area contributed by atoms with Crippen LogP contribution in [0.3, 0.4) is 0 Å². The molecule has 1 heterocycles. The largest absolute Gasteiger partial charge is 0.389 e. The van der Waals surface area contributed by atoms with Crippen molar-refractivity contribution in [3.05, 3.63) is 48.3 Å². The van der Waals surface area contributed by atoms with E-state index < -0.39 is 5.60 Å². The zero-order chi connectivity index (χ0) is 16.9. The second-order valence-electron chi connectivity index (χ2n) is 6.17. The van der Waals surface area contributed by atoms with E-state index in [0.717, 1.165) is 5.56 Å².